The summed E-state index contributed by atoms with van der Waals surface area (Å²) in [6.07, 6.45) is 2.07. The monoisotopic (exact) mass is 509 g/mol. The van der Waals surface area contributed by atoms with Crippen molar-refractivity contribution in [1.29, 1.82) is 0 Å². The van der Waals surface area contributed by atoms with E-state index in [-0.39, 0.29) is 5.91 Å². The van der Waals surface area contributed by atoms with Crippen LogP contribution in [0.15, 0.2) is 87.3 Å². The van der Waals surface area contributed by atoms with E-state index in [9.17, 15) is 4.79 Å². The van der Waals surface area contributed by atoms with Gasteiger partial charge in [0.25, 0.3) is 0 Å². The van der Waals surface area contributed by atoms with E-state index in [1.165, 1.54) is 21.9 Å². The number of nitrogens with zero attached hydrogens (tertiary/aromatic N) is 3. The number of anilines is 1. The highest BCUT2D eigenvalue weighted by molar-refractivity contribution is 9.10. The molecule has 7 heteroatoms. The molecule has 4 nitrogen and oxygen atoms in total. The first-order valence-electron chi connectivity index (χ1n) is 9.76. The standard InChI is InChI=1S/C24H20BrN3OS2/c1-17-7-12-21-22(15-17)31-24(27-21)28(26-16-18-8-10-19(25)11-9-18)23(29)13-14-30-20-5-3-2-4-6-20/h2-12,15-16H,13-14H2,1H3/b26-16+. The van der Waals surface area contributed by atoms with E-state index in [0.717, 1.165) is 25.1 Å². The van der Waals surface area contributed by atoms with Crippen LogP contribution in [0, 0.1) is 6.92 Å². The third-order valence-electron chi connectivity index (χ3n) is 4.47. The Labute approximate surface area is 198 Å². The van der Waals surface area contributed by atoms with Crippen LogP contribution in [0.2, 0.25) is 0 Å². The summed E-state index contributed by atoms with van der Waals surface area (Å²) in [6.45, 7) is 2.05. The Morgan fingerprint density at radius 2 is 1.90 bits per heavy atom. The van der Waals surface area contributed by atoms with Crippen molar-refractivity contribution in [2.24, 2.45) is 5.10 Å². The summed E-state index contributed by atoms with van der Waals surface area (Å²) < 4.78 is 2.04. The van der Waals surface area contributed by atoms with Gasteiger partial charge < -0.3 is 0 Å². The summed E-state index contributed by atoms with van der Waals surface area (Å²) in [5, 5.41) is 6.54. The molecule has 156 valence electrons. The fourth-order valence-electron chi connectivity index (χ4n) is 2.88. The summed E-state index contributed by atoms with van der Waals surface area (Å²) in [4.78, 5) is 18.9. The van der Waals surface area contributed by atoms with E-state index < -0.39 is 0 Å². The molecule has 0 saturated carbocycles. The average molecular weight is 510 g/mol. The van der Waals surface area contributed by atoms with Gasteiger partial charge in [0.15, 0.2) is 0 Å². The number of benzene rings is 3. The Morgan fingerprint density at radius 3 is 2.68 bits per heavy atom. The number of aromatic nitrogens is 1. The number of hydrazone groups is 1. The quantitative estimate of drug-likeness (QED) is 0.154. The molecule has 3 aromatic carbocycles. The third kappa shape index (κ3) is 5.81. The molecule has 4 rings (SSSR count). The molecule has 1 amide bonds. The maximum Gasteiger partial charge on any atom is 0.250 e. The van der Waals surface area contributed by atoms with Crippen molar-refractivity contribution in [2.75, 3.05) is 10.8 Å². The molecule has 0 spiro atoms. The van der Waals surface area contributed by atoms with Crippen molar-refractivity contribution in [1.82, 2.24) is 4.98 Å². The maximum atomic E-state index is 13.1. The van der Waals surface area contributed by atoms with Gasteiger partial charge in [-0.05, 0) is 54.4 Å². The van der Waals surface area contributed by atoms with Gasteiger partial charge in [-0.25, -0.2) is 4.98 Å². The topological polar surface area (TPSA) is 45.6 Å². The Hall–Kier alpha value is -2.48. The predicted molar refractivity (Wildman–Crippen MR) is 135 cm³/mol. The Morgan fingerprint density at radius 1 is 1.13 bits per heavy atom. The predicted octanol–water partition coefficient (Wildman–Crippen LogP) is 6.92. The second-order valence-corrected chi connectivity index (χ2v) is 9.97. The molecule has 1 heterocycles. The minimum Gasteiger partial charge on any atom is -0.272 e. The molecule has 0 aliphatic rings. The maximum absolute atomic E-state index is 13.1. The van der Waals surface area contributed by atoms with E-state index in [4.69, 9.17) is 0 Å². The fourth-order valence-corrected chi connectivity index (χ4v) is 5.05. The molecule has 0 aliphatic carbocycles. The van der Waals surface area contributed by atoms with E-state index in [1.54, 1.807) is 18.0 Å². The number of aryl methyl sites for hydroxylation is 1. The summed E-state index contributed by atoms with van der Waals surface area (Å²) in [5.74, 6) is 0.601. The molecule has 0 saturated heterocycles. The van der Waals surface area contributed by atoms with Gasteiger partial charge in [-0.1, -0.05) is 63.7 Å². The van der Waals surface area contributed by atoms with Gasteiger partial charge in [0.1, 0.15) is 0 Å². The molecular formula is C24H20BrN3OS2. The van der Waals surface area contributed by atoms with Crippen LogP contribution in [0.5, 0.6) is 0 Å². The minimum absolute atomic E-state index is 0.0763. The zero-order valence-electron chi connectivity index (χ0n) is 16.9. The van der Waals surface area contributed by atoms with Crippen LogP contribution in [0.1, 0.15) is 17.5 Å². The lowest BCUT2D eigenvalue weighted by atomic mass is 10.2. The number of thiazole rings is 1. The Bertz CT molecular complexity index is 1210. The van der Waals surface area contributed by atoms with E-state index in [2.05, 4.69) is 44.2 Å². The molecule has 0 bridgehead atoms. The highest BCUT2D eigenvalue weighted by Gasteiger charge is 2.19. The molecule has 0 aliphatic heterocycles. The minimum atomic E-state index is -0.0763. The molecule has 0 fully saturated rings. The molecule has 31 heavy (non-hydrogen) atoms. The number of fused-ring (bicyclic) bond motifs is 1. The van der Waals surface area contributed by atoms with Crippen molar-refractivity contribution in [2.45, 2.75) is 18.2 Å². The van der Waals surface area contributed by atoms with Crippen LogP contribution in [0.4, 0.5) is 5.13 Å². The number of thioether (sulfide) groups is 1. The van der Waals surface area contributed by atoms with Gasteiger partial charge in [-0.2, -0.15) is 10.1 Å². The van der Waals surface area contributed by atoms with Gasteiger partial charge in [0.2, 0.25) is 11.0 Å². The molecule has 0 N–H and O–H groups in total. The average Bonchev–Trinajstić information content (AvgIpc) is 3.18. The first kappa shape index (κ1) is 21.7. The summed E-state index contributed by atoms with van der Waals surface area (Å²) in [5.41, 5.74) is 2.95. The lowest BCUT2D eigenvalue weighted by Gasteiger charge is -2.13. The molecule has 0 atom stereocenters. The number of hydrogen-bond acceptors (Lipinski definition) is 5. The summed E-state index contributed by atoms with van der Waals surface area (Å²) >= 11 is 6.58. The zero-order valence-corrected chi connectivity index (χ0v) is 20.1. The van der Waals surface area contributed by atoms with E-state index in [1.807, 2.05) is 61.5 Å². The zero-order chi connectivity index (χ0) is 21.6. The number of carbonyl (C=O) groups is 1. The summed E-state index contributed by atoms with van der Waals surface area (Å²) in [7, 11) is 0. The van der Waals surface area contributed by atoms with Crippen LogP contribution in [0.3, 0.4) is 0 Å². The number of hydrogen-bond donors (Lipinski definition) is 0. The van der Waals surface area contributed by atoms with E-state index >= 15 is 0 Å². The van der Waals surface area contributed by atoms with Crippen molar-refractivity contribution in [3.63, 3.8) is 0 Å². The lowest BCUT2D eigenvalue weighted by molar-refractivity contribution is -0.118. The molecule has 4 aromatic rings. The Balaban J connectivity index is 1.56. The molecular weight excluding hydrogens is 490 g/mol. The van der Waals surface area contributed by atoms with Gasteiger partial charge in [-0.15, -0.1) is 11.8 Å². The molecule has 1 aromatic heterocycles. The largest absolute Gasteiger partial charge is 0.272 e. The normalized spacial score (nSPS) is 11.3. The molecule has 0 radical (unpaired) electrons. The first-order chi connectivity index (χ1) is 15.1. The van der Waals surface area contributed by atoms with Crippen molar-refractivity contribution >= 4 is 66.5 Å². The van der Waals surface area contributed by atoms with Crippen molar-refractivity contribution in [3.05, 3.63) is 88.4 Å². The van der Waals surface area contributed by atoms with Gasteiger partial charge in [0, 0.05) is 21.5 Å². The highest BCUT2D eigenvalue weighted by Crippen LogP contribution is 2.30. The van der Waals surface area contributed by atoms with Crippen LogP contribution in [-0.2, 0) is 4.79 Å². The SMILES string of the molecule is Cc1ccc2nc(N(/N=C/c3ccc(Br)cc3)C(=O)CCSc3ccccc3)sc2c1. The van der Waals surface area contributed by atoms with Gasteiger partial charge >= 0.3 is 0 Å². The Kier molecular flexibility index (Phi) is 7.17. The van der Waals surface area contributed by atoms with Crippen molar-refractivity contribution in [3.8, 4) is 0 Å². The van der Waals surface area contributed by atoms with Gasteiger partial charge in [0.05, 0.1) is 16.4 Å². The van der Waals surface area contributed by atoms with Crippen LogP contribution in [-0.4, -0.2) is 22.9 Å². The smallest absolute Gasteiger partial charge is 0.250 e. The number of rotatable bonds is 7. The van der Waals surface area contributed by atoms with Crippen LogP contribution < -0.4 is 5.01 Å². The highest BCUT2D eigenvalue weighted by atomic mass is 79.9. The number of amides is 1. The number of halogens is 1. The lowest BCUT2D eigenvalue weighted by Crippen LogP contribution is -2.25. The second-order valence-electron chi connectivity index (χ2n) is 6.88. The van der Waals surface area contributed by atoms with E-state index in [0.29, 0.717) is 17.3 Å². The van der Waals surface area contributed by atoms with Crippen LogP contribution >= 0.6 is 39.0 Å². The number of carbonyl (C=O) groups excluding carboxylic acids is 1. The fraction of sp³-hybridized carbons (Fsp3) is 0.125. The molecule has 0 unspecified atom stereocenters. The summed E-state index contributed by atoms with van der Waals surface area (Å²) in [6, 6.07) is 24.0. The second kappa shape index (κ2) is 10.2. The van der Waals surface area contributed by atoms with Gasteiger partial charge in [-0.3, -0.25) is 4.79 Å². The first-order valence-corrected chi connectivity index (χ1v) is 12.4. The third-order valence-corrected chi connectivity index (χ3v) is 7.01. The van der Waals surface area contributed by atoms with Crippen molar-refractivity contribution < 1.29 is 4.79 Å². The van der Waals surface area contributed by atoms with Crippen LogP contribution in [0.25, 0.3) is 10.2 Å².